The van der Waals surface area contributed by atoms with Crippen molar-refractivity contribution in [3.05, 3.63) is 23.7 Å². The van der Waals surface area contributed by atoms with Gasteiger partial charge < -0.3 is 58.2 Å². The summed E-state index contributed by atoms with van der Waals surface area (Å²) in [6, 6.07) is 0. The molecule has 0 aromatic rings. The average molecular weight is 571 g/mol. The van der Waals surface area contributed by atoms with Crippen molar-refractivity contribution >= 4 is 35.5 Å². The first-order valence-electron chi connectivity index (χ1n) is 3.97. The van der Waals surface area contributed by atoms with Crippen LogP contribution in [0, 0.1) is 0 Å². The molecule has 0 saturated heterocycles. The van der Waals surface area contributed by atoms with E-state index >= 15 is 0 Å². The third-order valence-corrected chi connectivity index (χ3v) is 0.813. The van der Waals surface area contributed by atoms with Crippen molar-refractivity contribution in [3.63, 3.8) is 0 Å². The van der Waals surface area contributed by atoms with E-state index in [-0.39, 0.29) is 94.9 Å². The predicted molar refractivity (Wildman–Crippen MR) is 54.6 cm³/mol. The van der Waals surface area contributed by atoms with Gasteiger partial charge in [-0.3, -0.25) is 9.59 Å². The molecule has 0 aliphatic heterocycles. The summed E-state index contributed by atoms with van der Waals surface area (Å²) < 4.78 is 0. The Labute approximate surface area is 153 Å². The Morgan fingerprint density at radius 2 is 0.941 bits per heavy atom. The Balaban J connectivity index is -0.0000000480. The Morgan fingerprint density at radius 3 is 0.941 bits per heavy atom. The van der Waals surface area contributed by atoms with Gasteiger partial charge in [0.1, 0.15) is 0 Å². The smallest absolute Gasteiger partial charge is 1.00 e. The number of carbonyl (C=O) groups excluding carboxylic acids is 2. The third kappa shape index (κ3) is 47.7. The Kier molecular flexibility index (Phi) is 34.2. The predicted octanol–water partition coefficient (Wildman–Crippen LogP) is -6.69. The first kappa shape index (κ1) is 30.6. The standard InChI is InChI=1S/2C5H8O2.2HI.Sn/c2*1-4(6)3-5(2)7;;;/h2*3,6H,1-2H3;2*1H;/q;;;;+4/p-4/b2*4-3-;;;. The third-order valence-electron chi connectivity index (χ3n) is 0.813. The quantitative estimate of drug-likeness (QED) is 0.143. The summed E-state index contributed by atoms with van der Waals surface area (Å²) >= 11 is 0. The van der Waals surface area contributed by atoms with Gasteiger partial charge in [0.25, 0.3) is 0 Å². The summed E-state index contributed by atoms with van der Waals surface area (Å²) in [4.78, 5) is 20.0. The summed E-state index contributed by atoms with van der Waals surface area (Å²) in [6.07, 6.45) is 2.11. The van der Waals surface area contributed by atoms with E-state index in [2.05, 4.69) is 0 Å². The van der Waals surface area contributed by atoms with Gasteiger partial charge in [-0.05, 0) is 26.0 Å². The molecule has 0 aliphatic carbocycles. The molecule has 0 heterocycles. The zero-order chi connectivity index (χ0) is 11.7. The van der Waals surface area contributed by atoms with Crippen LogP contribution >= 0.6 is 0 Å². The van der Waals surface area contributed by atoms with E-state index in [4.69, 9.17) is 0 Å². The fourth-order valence-electron chi connectivity index (χ4n) is 0.572. The van der Waals surface area contributed by atoms with Gasteiger partial charge in [0.2, 0.25) is 0 Å². The SMILES string of the molecule is CC(=O)/C=C(/C)[O-].CC(=O)/C=C(/C)[O-].[I-].[I-].[Sn+4]. The molecule has 0 rings (SSSR count). The van der Waals surface area contributed by atoms with Gasteiger partial charge in [-0.2, -0.15) is 0 Å². The number of allylic oxidation sites excluding steroid dienone is 4. The monoisotopic (exact) mass is 572 g/mol. The molecule has 0 aliphatic rings. The number of ketones is 2. The van der Waals surface area contributed by atoms with E-state index in [0.717, 1.165) is 12.2 Å². The van der Waals surface area contributed by atoms with Gasteiger partial charge in [-0.1, -0.05) is 13.8 Å². The maximum atomic E-state index is 9.98. The fourth-order valence-corrected chi connectivity index (χ4v) is 0.572. The molecule has 0 aromatic heterocycles. The van der Waals surface area contributed by atoms with Crippen LogP contribution in [0.3, 0.4) is 0 Å². The van der Waals surface area contributed by atoms with Crippen LogP contribution in [0.25, 0.3) is 0 Å². The summed E-state index contributed by atoms with van der Waals surface area (Å²) in [6.45, 7) is 5.39. The molecule has 0 radical (unpaired) electrons. The van der Waals surface area contributed by atoms with E-state index in [9.17, 15) is 19.8 Å². The second-order valence-corrected chi connectivity index (χ2v) is 2.73. The number of hydrogen-bond donors (Lipinski definition) is 0. The second-order valence-electron chi connectivity index (χ2n) is 2.73. The molecule has 0 unspecified atom stereocenters. The summed E-state index contributed by atoms with van der Waals surface area (Å²) in [5.74, 6) is -0.750. The number of carbonyl (C=O) groups is 2. The van der Waals surface area contributed by atoms with Crippen LogP contribution in [-0.4, -0.2) is 35.5 Å². The first-order chi connectivity index (χ1) is 6.25. The molecule has 0 amide bonds. The molecule has 0 fully saturated rings. The molecule has 0 spiro atoms. The summed E-state index contributed by atoms with van der Waals surface area (Å²) in [7, 11) is 0. The van der Waals surface area contributed by atoms with Crippen molar-refractivity contribution in [3.8, 4) is 0 Å². The molecule has 0 N–H and O–H groups in total. The Bertz CT molecular complexity index is 239. The molecule has 7 heteroatoms. The van der Waals surface area contributed by atoms with E-state index in [1.165, 1.54) is 27.7 Å². The van der Waals surface area contributed by atoms with Gasteiger partial charge in [-0.25, -0.2) is 0 Å². The van der Waals surface area contributed by atoms with Crippen molar-refractivity contribution in [2.24, 2.45) is 0 Å². The molecule has 17 heavy (non-hydrogen) atoms. The molecular weight excluding hydrogens is 557 g/mol. The number of hydrogen-bond acceptors (Lipinski definition) is 4. The van der Waals surface area contributed by atoms with Crippen molar-refractivity contribution < 1.29 is 67.8 Å². The summed E-state index contributed by atoms with van der Waals surface area (Å²) in [5, 5.41) is 20.0. The zero-order valence-electron chi connectivity index (χ0n) is 10.0. The fraction of sp³-hybridized carbons (Fsp3) is 0.400. The van der Waals surface area contributed by atoms with E-state index in [0.29, 0.717) is 0 Å². The Morgan fingerprint density at radius 1 is 0.765 bits per heavy atom. The van der Waals surface area contributed by atoms with Crippen molar-refractivity contribution in [1.29, 1.82) is 0 Å². The first-order valence-corrected chi connectivity index (χ1v) is 3.97. The van der Waals surface area contributed by atoms with Gasteiger partial charge in [0.05, 0.1) is 0 Å². The zero-order valence-corrected chi connectivity index (χ0v) is 17.2. The van der Waals surface area contributed by atoms with Gasteiger partial charge in [0, 0.05) is 0 Å². The van der Waals surface area contributed by atoms with Gasteiger partial charge in [-0.15, -0.1) is 11.5 Å². The minimum absolute atomic E-state index is 0. The largest absolute Gasteiger partial charge is 4.00 e. The Hall–Kier alpha value is 0.679. The van der Waals surface area contributed by atoms with E-state index in [1.54, 1.807) is 0 Å². The average Bonchev–Trinajstić information content (AvgIpc) is 1.79. The number of halogens is 2. The van der Waals surface area contributed by atoms with E-state index < -0.39 is 0 Å². The van der Waals surface area contributed by atoms with Gasteiger partial charge >= 0.3 is 23.9 Å². The maximum Gasteiger partial charge on any atom is 4.00 e. The molecule has 0 aromatic carbocycles. The number of rotatable bonds is 2. The second kappa shape index (κ2) is 19.0. The van der Waals surface area contributed by atoms with Crippen molar-refractivity contribution in [2.45, 2.75) is 27.7 Å². The van der Waals surface area contributed by atoms with Crippen LogP contribution in [-0.2, 0) is 9.59 Å². The normalized spacial score (nSPS) is 9.41. The summed E-state index contributed by atoms with van der Waals surface area (Å²) in [5.41, 5.74) is 0. The van der Waals surface area contributed by atoms with Crippen LogP contribution < -0.4 is 58.2 Å². The van der Waals surface area contributed by atoms with Crippen molar-refractivity contribution in [2.75, 3.05) is 0 Å². The molecule has 0 saturated carbocycles. The van der Waals surface area contributed by atoms with Crippen LogP contribution in [0.15, 0.2) is 23.7 Å². The minimum atomic E-state index is -0.187. The molecule has 96 valence electrons. The van der Waals surface area contributed by atoms with Crippen LogP contribution in [0.4, 0.5) is 0 Å². The van der Waals surface area contributed by atoms with E-state index in [1.807, 2.05) is 0 Å². The topological polar surface area (TPSA) is 80.3 Å². The van der Waals surface area contributed by atoms with Crippen LogP contribution in [0.5, 0.6) is 0 Å². The molecular formula is C10H14I2O4Sn. The maximum absolute atomic E-state index is 9.98. The minimum Gasteiger partial charge on any atom is -1.00 e. The van der Waals surface area contributed by atoms with Crippen LogP contribution in [0.2, 0.25) is 0 Å². The molecule has 0 atom stereocenters. The van der Waals surface area contributed by atoms with Crippen LogP contribution in [0.1, 0.15) is 27.7 Å². The van der Waals surface area contributed by atoms with Gasteiger partial charge in [0.15, 0.2) is 11.6 Å². The molecule has 0 bridgehead atoms. The van der Waals surface area contributed by atoms with Crippen molar-refractivity contribution in [1.82, 2.24) is 0 Å². The molecule has 4 nitrogen and oxygen atoms in total.